The Bertz CT molecular complexity index is 846. The van der Waals surface area contributed by atoms with Crippen molar-refractivity contribution in [2.75, 3.05) is 26.2 Å². The predicted molar refractivity (Wildman–Crippen MR) is 86.9 cm³/mol. The standard InChI is InChI=1S/C15H20N6O4/c1-2-13-16-11(18-25-13)9-19-5-7-20(8-6-19)14(23)10-21-4-3-12(22)17-15(21)24/h3-4H,2,5-10H2,1H3,(H,17,22,24). The Morgan fingerprint density at radius 1 is 1.28 bits per heavy atom. The first kappa shape index (κ1) is 17.1. The summed E-state index contributed by atoms with van der Waals surface area (Å²) in [5, 5.41) is 3.93. The van der Waals surface area contributed by atoms with Gasteiger partial charge in [-0.15, -0.1) is 0 Å². The molecule has 0 aromatic carbocycles. The second-order valence-corrected chi connectivity index (χ2v) is 5.85. The van der Waals surface area contributed by atoms with Crippen LogP contribution in [0.1, 0.15) is 18.6 Å². The largest absolute Gasteiger partial charge is 0.339 e. The van der Waals surface area contributed by atoms with Gasteiger partial charge in [0.2, 0.25) is 11.8 Å². The van der Waals surface area contributed by atoms with Gasteiger partial charge in [0.15, 0.2) is 5.82 Å². The van der Waals surface area contributed by atoms with E-state index in [1.807, 2.05) is 6.92 Å². The molecule has 1 saturated heterocycles. The third-order valence-corrected chi connectivity index (χ3v) is 4.11. The van der Waals surface area contributed by atoms with Gasteiger partial charge in [0.25, 0.3) is 5.56 Å². The Balaban J connectivity index is 1.52. The van der Waals surface area contributed by atoms with E-state index in [1.54, 1.807) is 4.90 Å². The number of carbonyl (C=O) groups is 1. The zero-order valence-corrected chi connectivity index (χ0v) is 14.0. The molecule has 25 heavy (non-hydrogen) atoms. The maximum atomic E-state index is 12.3. The van der Waals surface area contributed by atoms with Crippen LogP contribution < -0.4 is 11.2 Å². The van der Waals surface area contributed by atoms with Gasteiger partial charge in [0.1, 0.15) is 6.54 Å². The van der Waals surface area contributed by atoms with Crippen molar-refractivity contribution in [2.45, 2.75) is 26.4 Å². The smallest absolute Gasteiger partial charge is 0.328 e. The summed E-state index contributed by atoms with van der Waals surface area (Å²) in [5.74, 6) is 1.12. The molecule has 0 atom stereocenters. The number of H-pyrrole nitrogens is 1. The van der Waals surface area contributed by atoms with Crippen LogP contribution in [0.3, 0.4) is 0 Å². The van der Waals surface area contributed by atoms with Crippen LogP contribution in [0.25, 0.3) is 0 Å². The molecule has 1 aliphatic rings. The van der Waals surface area contributed by atoms with Gasteiger partial charge in [-0.05, 0) is 0 Å². The number of piperazine rings is 1. The molecular weight excluding hydrogens is 328 g/mol. The van der Waals surface area contributed by atoms with Gasteiger partial charge in [-0.25, -0.2) is 4.79 Å². The van der Waals surface area contributed by atoms with Crippen molar-refractivity contribution in [2.24, 2.45) is 0 Å². The highest BCUT2D eigenvalue weighted by atomic mass is 16.5. The fourth-order valence-corrected chi connectivity index (χ4v) is 2.67. The third kappa shape index (κ3) is 4.21. The third-order valence-electron chi connectivity index (χ3n) is 4.11. The van der Waals surface area contributed by atoms with E-state index in [0.29, 0.717) is 50.9 Å². The topological polar surface area (TPSA) is 117 Å². The molecular formula is C15H20N6O4. The number of hydrogen-bond donors (Lipinski definition) is 1. The first-order valence-electron chi connectivity index (χ1n) is 8.16. The first-order valence-corrected chi connectivity index (χ1v) is 8.16. The summed E-state index contributed by atoms with van der Waals surface area (Å²) in [5.41, 5.74) is -1.06. The van der Waals surface area contributed by atoms with E-state index in [0.717, 1.165) is 0 Å². The Morgan fingerprint density at radius 3 is 2.68 bits per heavy atom. The molecule has 134 valence electrons. The van der Waals surface area contributed by atoms with Crippen molar-refractivity contribution >= 4 is 5.91 Å². The first-order chi connectivity index (χ1) is 12.0. The molecule has 10 heteroatoms. The maximum absolute atomic E-state index is 12.3. The molecule has 0 radical (unpaired) electrons. The molecule has 1 N–H and O–H groups in total. The number of hydrogen-bond acceptors (Lipinski definition) is 7. The van der Waals surface area contributed by atoms with Crippen molar-refractivity contribution in [3.8, 4) is 0 Å². The number of amides is 1. The molecule has 0 aliphatic carbocycles. The highest BCUT2D eigenvalue weighted by Gasteiger charge is 2.22. The van der Waals surface area contributed by atoms with E-state index in [-0.39, 0.29) is 12.5 Å². The number of nitrogens with one attached hydrogen (secondary N) is 1. The number of nitrogens with zero attached hydrogens (tertiary/aromatic N) is 5. The molecule has 1 fully saturated rings. The molecule has 1 aliphatic heterocycles. The van der Waals surface area contributed by atoms with Gasteiger partial charge in [0.05, 0.1) is 6.54 Å². The number of aromatic amines is 1. The lowest BCUT2D eigenvalue weighted by Crippen LogP contribution is -2.49. The average molecular weight is 348 g/mol. The molecule has 3 heterocycles. The summed E-state index contributed by atoms with van der Waals surface area (Å²) in [6.07, 6.45) is 2.04. The van der Waals surface area contributed by atoms with Gasteiger partial charge in [-0.2, -0.15) is 4.98 Å². The Labute approximate surface area is 143 Å². The Morgan fingerprint density at radius 2 is 2.04 bits per heavy atom. The molecule has 3 rings (SSSR count). The Kier molecular flexibility index (Phi) is 5.08. The van der Waals surface area contributed by atoms with E-state index < -0.39 is 11.2 Å². The molecule has 0 saturated carbocycles. The molecule has 0 bridgehead atoms. The van der Waals surface area contributed by atoms with E-state index in [1.165, 1.54) is 16.8 Å². The van der Waals surface area contributed by atoms with E-state index in [2.05, 4.69) is 20.0 Å². The van der Waals surface area contributed by atoms with Crippen molar-refractivity contribution < 1.29 is 9.32 Å². The lowest BCUT2D eigenvalue weighted by molar-refractivity contribution is -0.133. The summed E-state index contributed by atoms with van der Waals surface area (Å²) in [7, 11) is 0. The SMILES string of the molecule is CCc1nc(CN2CCN(C(=O)Cn3ccc(=O)[nH]c3=O)CC2)no1. The van der Waals surface area contributed by atoms with Gasteiger partial charge in [-0.1, -0.05) is 12.1 Å². The minimum Gasteiger partial charge on any atom is -0.339 e. The minimum absolute atomic E-state index is 0.0830. The van der Waals surface area contributed by atoms with E-state index >= 15 is 0 Å². The fraction of sp³-hybridized carbons (Fsp3) is 0.533. The van der Waals surface area contributed by atoms with Crippen LogP contribution in [0.4, 0.5) is 0 Å². The molecule has 1 amide bonds. The lowest BCUT2D eigenvalue weighted by atomic mass is 10.3. The quantitative estimate of drug-likeness (QED) is 0.723. The van der Waals surface area contributed by atoms with Crippen molar-refractivity contribution in [1.82, 2.24) is 29.5 Å². The highest BCUT2D eigenvalue weighted by molar-refractivity contribution is 5.76. The maximum Gasteiger partial charge on any atom is 0.328 e. The summed E-state index contributed by atoms with van der Waals surface area (Å²) >= 11 is 0. The normalized spacial score (nSPS) is 15.5. The average Bonchev–Trinajstić information content (AvgIpc) is 3.05. The van der Waals surface area contributed by atoms with Gasteiger partial charge >= 0.3 is 5.69 Å². The number of rotatable bonds is 5. The summed E-state index contributed by atoms with van der Waals surface area (Å²) < 4.78 is 6.29. The summed E-state index contributed by atoms with van der Waals surface area (Å²) in [6, 6.07) is 1.22. The van der Waals surface area contributed by atoms with Crippen LogP contribution in [-0.4, -0.2) is 61.6 Å². The van der Waals surface area contributed by atoms with E-state index in [4.69, 9.17) is 4.52 Å². The molecule has 0 unspecified atom stereocenters. The van der Waals surface area contributed by atoms with Crippen LogP contribution in [0.15, 0.2) is 26.4 Å². The van der Waals surface area contributed by atoms with Crippen LogP contribution in [-0.2, 0) is 24.3 Å². The van der Waals surface area contributed by atoms with Gasteiger partial charge in [-0.3, -0.25) is 24.0 Å². The number of carbonyl (C=O) groups excluding carboxylic acids is 1. The second kappa shape index (κ2) is 7.43. The van der Waals surface area contributed by atoms with Crippen molar-refractivity contribution in [3.05, 3.63) is 44.8 Å². The second-order valence-electron chi connectivity index (χ2n) is 5.85. The highest BCUT2D eigenvalue weighted by Crippen LogP contribution is 2.07. The fourth-order valence-electron chi connectivity index (χ4n) is 2.67. The van der Waals surface area contributed by atoms with Gasteiger partial charge in [0, 0.05) is 44.9 Å². The summed E-state index contributed by atoms with van der Waals surface area (Å²) in [6.45, 7) is 4.98. The Hall–Kier alpha value is -2.75. The van der Waals surface area contributed by atoms with Crippen LogP contribution >= 0.6 is 0 Å². The molecule has 0 spiro atoms. The molecule has 10 nitrogen and oxygen atoms in total. The van der Waals surface area contributed by atoms with Crippen molar-refractivity contribution in [3.63, 3.8) is 0 Å². The number of aromatic nitrogens is 4. The van der Waals surface area contributed by atoms with Crippen molar-refractivity contribution in [1.29, 1.82) is 0 Å². The zero-order chi connectivity index (χ0) is 17.8. The minimum atomic E-state index is -0.580. The molecule has 2 aromatic heterocycles. The lowest BCUT2D eigenvalue weighted by Gasteiger charge is -2.34. The predicted octanol–water partition coefficient (Wildman–Crippen LogP) is -1.17. The van der Waals surface area contributed by atoms with E-state index in [9.17, 15) is 14.4 Å². The summed E-state index contributed by atoms with van der Waals surface area (Å²) in [4.78, 5) is 45.3. The monoisotopic (exact) mass is 348 g/mol. The van der Waals surface area contributed by atoms with Crippen LogP contribution in [0, 0.1) is 0 Å². The number of aryl methyl sites for hydroxylation is 1. The van der Waals surface area contributed by atoms with Crippen LogP contribution in [0.5, 0.6) is 0 Å². The van der Waals surface area contributed by atoms with Gasteiger partial charge < -0.3 is 9.42 Å². The molecule has 2 aromatic rings. The van der Waals surface area contributed by atoms with Crippen LogP contribution in [0.2, 0.25) is 0 Å². The zero-order valence-electron chi connectivity index (χ0n) is 14.0.